The number of carbonyl (C=O) groups is 1. The Kier molecular flexibility index (Phi) is 4.77. The monoisotopic (exact) mass is 332 g/mol. The number of hydrogen-bond acceptors (Lipinski definition) is 5. The molecule has 0 bridgehead atoms. The Balaban J connectivity index is 1.78. The first-order valence-corrected chi connectivity index (χ1v) is 7.92. The second-order valence-electron chi connectivity index (χ2n) is 5.72. The lowest BCUT2D eigenvalue weighted by Gasteiger charge is -2.26. The molecule has 3 rings (SSSR count). The lowest BCUT2D eigenvalue weighted by Crippen LogP contribution is -2.43. The zero-order valence-corrected chi connectivity index (χ0v) is 13.5. The van der Waals surface area contributed by atoms with Gasteiger partial charge in [0.1, 0.15) is 5.52 Å². The summed E-state index contributed by atoms with van der Waals surface area (Å²) in [6.45, 7) is 5.59. The van der Waals surface area contributed by atoms with E-state index in [2.05, 4.69) is 10.2 Å². The van der Waals surface area contributed by atoms with Crippen molar-refractivity contribution in [2.24, 2.45) is 0 Å². The van der Waals surface area contributed by atoms with Gasteiger partial charge in [-0.1, -0.05) is 12.1 Å². The minimum absolute atomic E-state index is 0.0903. The van der Waals surface area contributed by atoms with Gasteiger partial charge >= 0.3 is 11.6 Å². The molecule has 0 saturated carbocycles. The zero-order valence-electron chi connectivity index (χ0n) is 13.5. The normalized spacial score (nSPS) is 15.5. The van der Waals surface area contributed by atoms with E-state index >= 15 is 0 Å². The number of carbonyl (C=O) groups excluding carboxylic acids is 1. The molecule has 1 aromatic carbocycles. The summed E-state index contributed by atoms with van der Waals surface area (Å²) in [5.74, 6) is -0.536. The van der Waals surface area contributed by atoms with Gasteiger partial charge in [-0.05, 0) is 13.0 Å². The Bertz CT molecular complexity index is 812. The summed E-state index contributed by atoms with van der Waals surface area (Å²) >= 11 is 0. The Labute approximate surface area is 138 Å². The minimum Gasteiger partial charge on any atom is -0.805 e. The molecule has 8 nitrogen and oxygen atoms in total. The van der Waals surface area contributed by atoms with E-state index in [4.69, 9.17) is 4.74 Å². The Hall–Kier alpha value is -2.45. The average molecular weight is 332 g/mol. The van der Waals surface area contributed by atoms with Crippen LogP contribution in [0.5, 0.6) is 0 Å². The van der Waals surface area contributed by atoms with E-state index in [-0.39, 0.29) is 22.4 Å². The first kappa shape index (κ1) is 16.4. The molecule has 24 heavy (non-hydrogen) atoms. The number of nitrogens with one attached hydrogen (secondary N) is 1. The van der Waals surface area contributed by atoms with Crippen LogP contribution in [0, 0.1) is 17.0 Å². The fourth-order valence-electron chi connectivity index (χ4n) is 2.84. The summed E-state index contributed by atoms with van der Waals surface area (Å²) in [5, 5.41) is 15.0. The van der Waals surface area contributed by atoms with E-state index in [9.17, 15) is 14.9 Å². The standard InChI is InChI=1S/C16H20N4O4/c1-12-15(16(21)17-6-7-18-8-10-24-11-9-18)20(23)14-5-3-2-4-13(14)19(12)22/h2-5H,6-11H2,1H3,(H,17,21). The Morgan fingerprint density at radius 2 is 2.04 bits per heavy atom. The number of para-hydroxylation sites is 2. The minimum atomic E-state index is -0.536. The van der Waals surface area contributed by atoms with Crippen LogP contribution >= 0.6 is 0 Å². The van der Waals surface area contributed by atoms with Crippen LogP contribution < -0.4 is 9.74 Å². The van der Waals surface area contributed by atoms with Crippen LogP contribution in [0.3, 0.4) is 0 Å². The maximum Gasteiger partial charge on any atom is 0.346 e. The summed E-state index contributed by atoms with van der Waals surface area (Å²) < 4.78 is 6.43. The summed E-state index contributed by atoms with van der Waals surface area (Å²) in [4.78, 5) is 27.1. The summed E-state index contributed by atoms with van der Waals surface area (Å²) in [5.41, 5.74) is 0.351. The molecule has 0 radical (unpaired) electrons. The van der Waals surface area contributed by atoms with Gasteiger partial charge in [0, 0.05) is 37.2 Å². The number of ether oxygens (including phenoxy) is 1. The molecular weight excluding hydrogens is 312 g/mol. The van der Waals surface area contributed by atoms with Crippen LogP contribution in [0.25, 0.3) is 11.0 Å². The summed E-state index contributed by atoms with van der Waals surface area (Å²) in [6.07, 6.45) is 0. The highest BCUT2D eigenvalue weighted by atomic mass is 16.5. The molecule has 1 aliphatic heterocycles. The second-order valence-corrected chi connectivity index (χ2v) is 5.72. The maximum absolute atomic E-state index is 12.5. The predicted molar refractivity (Wildman–Crippen MR) is 88.4 cm³/mol. The van der Waals surface area contributed by atoms with E-state index in [0.717, 1.165) is 13.1 Å². The number of amides is 1. The molecule has 0 aliphatic carbocycles. The van der Waals surface area contributed by atoms with Crippen LogP contribution in [0.2, 0.25) is 0 Å². The van der Waals surface area contributed by atoms with Crippen molar-refractivity contribution in [2.75, 3.05) is 39.4 Å². The zero-order chi connectivity index (χ0) is 17.1. The number of nitrogens with zero attached hydrogens (tertiary/aromatic N) is 3. The van der Waals surface area contributed by atoms with Crippen molar-refractivity contribution in [3.8, 4) is 0 Å². The molecule has 2 heterocycles. The maximum atomic E-state index is 12.5. The molecule has 1 saturated heterocycles. The van der Waals surface area contributed by atoms with Crippen LogP contribution in [-0.2, 0) is 4.74 Å². The van der Waals surface area contributed by atoms with Crippen LogP contribution in [0.4, 0.5) is 0 Å². The first-order valence-electron chi connectivity index (χ1n) is 7.92. The quantitative estimate of drug-likeness (QED) is 0.812. The van der Waals surface area contributed by atoms with Gasteiger partial charge in [-0.2, -0.15) is 0 Å². The summed E-state index contributed by atoms with van der Waals surface area (Å²) in [7, 11) is 0. The largest absolute Gasteiger partial charge is 0.805 e. The van der Waals surface area contributed by atoms with Gasteiger partial charge < -0.3 is 20.0 Å². The molecule has 128 valence electrons. The van der Waals surface area contributed by atoms with E-state index in [1.165, 1.54) is 13.0 Å². The highest BCUT2D eigenvalue weighted by Gasteiger charge is 2.26. The van der Waals surface area contributed by atoms with Crippen LogP contribution in [0.1, 0.15) is 16.2 Å². The van der Waals surface area contributed by atoms with Gasteiger partial charge in [0.15, 0.2) is 0 Å². The third kappa shape index (κ3) is 3.10. The van der Waals surface area contributed by atoms with Crippen LogP contribution in [-0.4, -0.2) is 54.9 Å². The number of fused-ring (bicyclic) bond motifs is 1. The molecule has 1 amide bonds. The molecule has 2 aromatic rings. The lowest BCUT2D eigenvalue weighted by atomic mass is 10.2. The van der Waals surface area contributed by atoms with Crippen molar-refractivity contribution >= 4 is 16.9 Å². The third-order valence-electron chi connectivity index (χ3n) is 4.20. The van der Waals surface area contributed by atoms with Crippen molar-refractivity contribution in [1.82, 2.24) is 14.9 Å². The molecule has 1 aromatic heterocycles. The van der Waals surface area contributed by atoms with Gasteiger partial charge in [0.2, 0.25) is 0 Å². The number of rotatable bonds is 4. The topological polar surface area (TPSA) is 92.5 Å². The lowest BCUT2D eigenvalue weighted by molar-refractivity contribution is -0.468. The van der Waals surface area contributed by atoms with Gasteiger partial charge in [0.25, 0.3) is 5.52 Å². The summed E-state index contributed by atoms with van der Waals surface area (Å²) in [6, 6.07) is 6.43. The molecule has 0 unspecified atom stereocenters. The van der Waals surface area contributed by atoms with Crippen molar-refractivity contribution in [3.05, 3.63) is 45.8 Å². The van der Waals surface area contributed by atoms with Crippen molar-refractivity contribution < 1.29 is 14.0 Å². The average Bonchev–Trinajstić information content (AvgIpc) is 2.61. The Morgan fingerprint density at radius 3 is 2.79 bits per heavy atom. The SMILES string of the molecule is Cc1c(C(=O)NCCN2CCOCC2)[n+](=O)c2ccccc2n1[O-]. The van der Waals surface area contributed by atoms with Gasteiger partial charge in [-0.15, -0.1) is 0 Å². The predicted octanol–water partition coefficient (Wildman–Crippen LogP) is 0.272. The van der Waals surface area contributed by atoms with Gasteiger partial charge in [0.05, 0.1) is 23.3 Å². The fraction of sp³-hybridized carbons (Fsp3) is 0.438. The van der Waals surface area contributed by atoms with E-state index < -0.39 is 5.91 Å². The smallest absolute Gasteiger partial charge is 0.346 e. The van der Waals surface area contributed by atoms with E-state index in [1.807, 2.05) is 0 Å². The van der Waals surface area contributed by atoms with E-state index in [1.54, 1.807) is 18.2 Å². The Morgan fingerprint density at radius 1 is 1.33 bits per heavy atom. The highest BCUT2D eigenvalue weighted by molar-refractivity contribution is 5.93. The van der Waals surface area contributed by atoms with Gasteiger partial charge in [-0.25, -0.2) is 0 Å². The molecule has 1 fully saturated rings. The van der Waals surface area contributed by atoms with Gasteiger partial charge in [-0.3, -0.25) is 9.69 Å². The number of hydrogen-bond donors (Lipinski definition) is 1. The first-order chi connectivity index (χ1) is 11.6. The second kappa shape index (κ2) is 6.98. The molecule has 8 heteroatoms. The third-order valence-corrected chi connectivity index (χ3v) is 4.20. The molecule has 1 aliphatic rings. The number of morpholine rings is 1. The van der Waals surface area contributed by atoms with Crippen LogP contribution in [0.15, 0.2) is 24.3 Å². The number of aromatic nitrogens is 2. The molecule has 1 N–H and O–H groups in total. The molecular formula is C16H20N4O4. The van der Waals surface area contributed by atoms with Crippen molar-refractivity contribution in [1.29, 1.82) is 0 Å². The fourth-order valence-corrected chi connectivity index (χ4v) is 2.84. The molecule has 0 atom stereocenters. The van der Waals surface area contributed by atoms with Crippen molar-refractivity contribution in [3.63, 3.8) is 0 Å². The number of benzene rings is 1. The van der Waals surface area contributed by atoms with Crippen molar-refractivity contribution in [2.45, 2.75) is 6.92 Å². The molecule has 0 spiro atoms. The van der Waals surface area contributed by atoms with E-state index in [0.29, 0.717) is 35.5 Å². The highest BCUT2D eigenvalue weighted by Crippen LogP contribution is 2.13.